The minimum atomic E-state index is -0.947. The molecule has 212 valence electrons. The molecular weight excluding hydrogens is 626 g/mol. The van der Waals surface area contributed by atoms with Crippen molar-refractivity contribution in [1.29, 1.82) is 0 Å². The maximum atomic E-state index is 14.5. The standard InChI is InChI=1S/C31H29BrClN3O4S/c1-17-9-8-14-21(33)25(17)35-29(39)27-31-15-20(32)26(41-31)23(28(38)34-19-12-6-3-7-13-19)24(31)30(40)36(27)22(16-37)18-10-4-2-5-11-18/h2-14,20,22-24,26-27,37H,15-16H2,1H3,(H,34,38)(H,35,39)/t20?,22-,23+,24+,26+,27?,31?/m1/s1. The van der Waals surface area contributed by atoms with E-state index in [0.717, 1.165) is 5.56 Å². The molecule has 3 N–H and O–H groups in total. The van der Waals surface area contributed by atoms with Gasteiger partial charge < -0.3 is 20.6 Å². The van der Waals surface area contributed by atoms with Crippen LogP contribution in [0.4, 0.5) is 11.4 Å². The second-order valence-corrected chi connectivity index (χ2v) is 13.9. The van der Waals surface area contributed by atoms with Crippen molar-refractivity contribution < 1.29 is 19.5 Å². The van der Waals surface area contributed by atoms with Gasteiger partial charge in [-0.15, -0.1) is 11.8 Å². The van der Waals surface area contributed by atoms with Gasteiger partial charge in [0.25, 0.3) is 0 Å². The molecule has 2 bridgehead atoms. The normalized spacial score (nSPS) is 28.8. The lowest BCUT2D eigenvalue weighted by Crippen LogP contribution is -2.53. The molecule has 3 saturated heterocycles. The number of alkyl halides is 1. The lowest BCUT2D eigenvalue weighted by atomic mass is 9.70. The van der Waals surface area contributed by atoms with Crippen molar-refractivity contribution in [1.82, 2.24) is 4.90 Å². The van der Waals surface area contributed by atoms with E-state index in [1.54, 1.807) is 17.8 Å². The number of fused-ring (bicyclic) bond motifs is 1. The summed E-state index contributed by atoms with van der Waals surface area (Å²) in [5, 5.41) is 16.9. The first-order valence-electron chi connectivity index (χ1n) is 13.5. The molecule has 7 nitrogen and oxygen atoms in total. The highest BCUT2D eigenvalue weighted by atomic mass is 79.9. The molecule has 10 heteroatoms. The Bertz CT molecular complexity index is 1470. The van der Waals surface area contributed by atoms with Crippen molar-refractivity contribution in [2.24, 2.45) is 11.8 Å². The van der Waals surface area contributed by atoms with Gasteiger partial charge in [-0.3, -0.25) is 14.4 Å². The zero-order valence-electron chi connectivity index (χ0n) is 22.2. The number of nitrogens with zero attached hydrogens (tertiary/aromatic N) is 1. The zero-order valence-corrected chi connectivity index (χ0v) is 25.3. The second kappa shape index (κ2) is 11.1. The van der Waals surface area contributed by atoms with Crippen molar-refractivity contribution in [2.45, 2.75) is 40.3 Å². The predicted octanol–water partition coefficient (Wildman–Crippen LogP) is 5.42. The topological polar surface area (TPSA) is 98.7 Å². The van der Waals surface area contributed by atoms with Crippen LogP contribution in [-0.4, -0.2) is 55.2 Å². The Labute approximate surface area is 256 Å². The molecule has 0 radical (unpaired) electrons. The summed E-state index contributed by atoms with van der Waals surface area (Å²) >= 11 is 11.8. The first kappa shape index (κ1) is 28.3. The van der Waals surface area contributed by atoms with Crippen LogP contribution < -0.4 is 10.6 Å². The van der Waals surface area contributed by atoms with Gasteiger partial charge in [-0.2, -0.15) is 0 Å². The van der Waals surface area contributed by atoms with Gasteiger partial charge in [-0.05, 0) is 42.7 Å². The van der Waals surface area contributed by atoms with E-state index in [2.05, 4.69) is 26.6 Å². The van der Waals surface area contributed by atoms with Gasteiger partial charge >= 0.3 is 0 Å². The van der Waals surface area contributed by atoms with Crippen LogP contribution in [0.5, 0.6) is 0 Å². The van der Waals surface area contributed by atoms with E-state index < -0.39 is 28.7 Å². The van der Waals surface area contributed by atoms with E-state index in [0.29, 0.717) is 28.4 Å². The Morgan fingerprint density at radius 1 is 1.05 bits per heavy atom. The number of rotatable bonds is 7. The van der Waals surface area contributed by atoms with Gasteiger partial charge in [0, 0.05) is 15.8 Å². The number of carbonyl (C=O) groups is 3. The third-order valence-corrected chi connectivity index (χ3v) is 12.0. The summed E-state index contributed by atoms with van der Waals surface area (Å²) in [6, 6.07) is 22.0. The van der Waals surface area contributed by atoms with Gasteiger partial charge in [0.2, 0.25) is 17.7 Å². The Morgan fingerprint density at radius 2 is 1.73 bits per heavy atom. The van der Waals surface area contributed by atoms with Gasteiger partial charge in [0.15, 0.2) is 0 Å². The molecule has 3 aromatic carbocycles. The quantitative estimate of drug-likeness (QED) is 0.296. The number of nitrogens with one attached hydrogen (secondary N) is 2. The number of halogens is 2. The van der Waals surface area contributed by atoms with Crippen molar-refractivity contribution in [3.63, 3.8) is 0 Å². The number of aliphatic hydroxyl groups is 1. The van der Waals surface area contributed by atoms with E-state index in [1.807, 2.05) is 79.7 Å². The number of benzene rings is 3. The average molecular weight is 655 g/mol. The van der Waals surface area contributed by atoms with Crippen LogP contribution in [0.15, 0.2) is 78.9 Å². The largest absolute Gasteiger partial charge is 0.394 e. The predicted molar refractivity (Wildman–Crippen MR) is 165 cm³/mol. The number of aliphatic hydroxyl groups excluding tert-OH is 1. The molecule has 3 heterocycles. The molecule has 3 aliphatic heterocycles. The van der Waals surface area contributed by atoms with E-state index >= 15 is 0 Å². The van der Waals surface area contributed by atoms with Crippen LogP contribution in [0, 0.1) is 18.8 Å². The Kier molecular flexibility index (Phi) is 7.65. The molecule has 0 saturated carbocycles. The van der Waals surface area contributed by atoms with Crippen LogP contribution >= 0.6 is 39.3 Å². The number of thioether (sulfide) groups is 1. The third-order valence-electron chi connectivity index (χ3n) is 8.48. The minimum absolute atomic E-state index is 0.0790. The molecule has 0 aromatic heterocycles. The first-order chi connectivity index (χ1) is 19.8. The van der Waals surface area contributed by atoms with Crippen LogP contribution in [-0.2, 0) is 14.4 Å². The van der Waals surface area contributed by atoms with Gasteiger partial charge in [0.05, 0.1) is 39.9 Å². The van der Waals surface area contributed by atoms with Crippen molar-refractivity contribution in [3.8, 4) is 0 Å². The average Bonchev–Trinajstić information content (AvgIpc) is 3.56. The molecule has 41 heavy (non-hydrogen) atoms. The number of aryl methyl sites for hydroxylation is 1. The Morgan fingerprint density at radius 3 is 2.39 bits per heavy atom. The number of carbonyl (C=O) groups excluding carboxylic acids is 3. The van der Waals surface area contributed by atoms with Crippen molar-refractivity contribution in [3.05, 3.63) is 95.0 Å². The lowest BCUT2D eigenvalue weighted by molar-refractivity contribution is -0.141. The zero-order chi connectivity index (χ0) is 28.9. The third kappa shape index (κ3) is 4.67. The summed E-state index contributed by atoms with van der Waals surface area (Å²) in [6.07, 6.45) is 0.525. The fourth-order valence-electron chi connectivity index (χ4n) is 6.76. The number of para-hydroxylation sites is 2. The van der Waals surface area contributed by atoms with Crippen molar-refractivity contribution in [2.75, 3.05) is 17.2 Å². The van der Waals surface area contributed by atoms with Gasteiger partial charge in [-0.1, -0.05) is 88.2 Å². The monoisotopic (exact) mass is 653 g/mol. The van der Waals surface area contributed by atoms with Gasteiger partial charge in [-0.25, -0.2) is 0 Å². The maximum absolute atomic E-state index is 14.5. The number of amides is 3. The fraction of sp³-hybridized carbons (Fsp3) is 0.323. The highest BCUT2D eigenvalue weighted by molar-refractivity contribution is 9.09. The first-order valence-corrected chi connectivity index (χ1v) is 15.7. The summed E-state index contributed by atoms with van der Waals surface area (Å²) in [5.41, 5.74) is 2.64. The van der Waals surface area contributed by atoms with E-state index in [1.165, 1.54) is 4.90 Å². The SMILES string of the molecule is Cc1cccc(Cl)c1NC(=O)C1N([C@H](CO)c2ccccc2)C(=O)[C@@H]2[C@H](C(=O)Nc3ccccc3)[C@H]3SC12CC3Br. The molecule has 3 aromatic rings. The van der Waals surface area contributed by atoms with Crippen LogP contribution in [0.2, 0.25) is 5.02 Å². The van der Waals surface area contributed by atoms with Gasteiger partial charge in [0.1, 0.15) is 6.04 Å². The fourth-order valence-corrected chi connectivity index (χ4v) is 10.6. The minimum Gasteiger partial charge on any atom is -0.394 e. The summed E-state index contributed by atoms with van der Waals surface area (Å²) in [4.78, 5) is 44.1. The number of hydrogen-bond donors (Lipinski definition) is 3. The molecule has 3 aliphatic rings. The summed E-state index contributed by atoms with van der Waals surface area (Å²) in [6.45, 7) is 1.48. The summed E-state index contributed by atoms with van der Waals surface area (Å²) < 4.78 is -0.879. The van der Waals surface area contributed by atoms with Crippen LogP contribution in [0.25, 0.3) is 0 Å². The molecular formula is C31H29BrClN3O4S. The molecule has 3 unspecified atom stereocenters. The molecule has 1 spiro atoms. The Balaban J connectivity index is 1.44. The smallest absolute Gasteiger partial charge is 0.248 e. The maximum Gasteiger partial charge on any atom is 0.248 e. The molecule has 0 aliphatic carbocycles. The summed E-state index contributed by atoms with van der Waals surface area (Å²) in [7, 11) is 0. The highest BCUT2D eigenvalue weighted by Gasteiger charge is 2.76. The number of hydrogen-bond acceptors (Lipinski definition) is 5. The van der Waals surface area contributed by atoms with Crippen LogP contribution in [0.3, 0.4) is 0 Å². The number of likely N-dealkylation sites (tertiary alicyclic amines) is 1. The van der Waals surface area contributed by atoms with E-state index in [9.17, 15) is 19.5 Å². The highest BCUT2D eigenvalue weighted by Crippen LogP contribution is 2.68. The molecule has 6 rings (SSSR count). The number of anilines is 2. The van der Waals surface area contributed by atoms with Crippen LogP contribution in [0.1, 0.15) is 23.6 Å². The second-order valence-electron chi connectivity index (χ2n) is 10.8. The van der Waals surface area contributed by atoms with Crippen molar-refractivity contribution >= 4 is 68.4 Å². The van der Waals surface area contributed by atoms with E-state index in [4.69, 9.17) is 11.6 Å². The molecule has 7 atom stereocenters. The van der Waals surface area contributed by atoms with E-state index in [-0.39, 0.29) is 34.4 Å². The summed E-state index contributed by atoms with van der Waals surface area (Å²) in [5.74, 6) is -2.34. The molecule has 3 amide bonds. The Hall–Kier alpha value is -2.85. The lowest BCUT2D eigenvalue weighted by Gasteiger charge is -2.37. The molecule has 3 fully saturated rings.